The molecule has 0 amide bonds. The molecule has 2 aromatic rings. The largest absolute Gasteiger partial charge is 0.494 e. The van der Waals surface area contributed by atoms with Crippen LogP contribution in [0.5, 0.6) is 5.75 Å². The van der Waals surface area contributed by atoms with Crippen LogP contribution in [0.1, 0.15) is 19.0 Å². The summed E-state index contributed by atoms with van der Waals surface area (Å²) >= 11 is 0. The van der Waals surface area contributed by atoms with Crippen molar-refractivity contribution >= 4 is 5.69 Å². The molecule has 20 heavy (non-hydrogen) atoms. The molecule has 2 N–H and O–H groups in total. The number of nitrogens with one attached hydrogen (secondary N) is 1. The van der Waals surface area contributed by atoms with Gasteiger partial charge in [0, 0.05) is 11.8 Å². The van der Waals surface area contributed by atoms with Gasteiger partial charge in [-0.2, -0.15) is 0 Å². The van der Waals surface area contributed by atoms with Crippen molar-refractivity contribution in [1.82, 2.24) is 15.0 Å². The fourth-order valence-electron chi connectivity index (χ4n) is 1.74. The van der Waals surface area contributed by atoms with Gasteiger partial charge in [0.05, 0.1) is 32.5 Å². The number of aromatic nitrogens is 3. The highest BCUT2D eigenvalue weighted by atomic mass is 16.5. The third kappa shape index (κ3) is 4.24. The van der Waals surface area contributed by atoms with Crippen molar-refractivity contribution in [3.05, 3.63) is 36.2 Å². The normalized spacial score (nSPS) is 10.5. The number of aliphatic hydroxyl groups excluding tert-OH is 1. The first kappa shape index (κ1) is 14.3. The summed E-state index contributed by atoms with van der Waals surface area (Å²) in [5.74, 6) is 0.862. The van der Waals surface area contributed by atoms with Crippen LogP contribution >= 0.6 is 0 Å². The molecule has 1 heterocycles. The van der Waals surface area contributed by atoms with Gasteiger partial charge in [-0.05, 0) is 18.6 Å². The second-order valence-corrected chi connectivity index (χ2v) is 4.43. The zero-order chi connectivity index (χ0) is 14.2. The van der Waals surface area contributed by atoms with Gasteiger partial charge in [0.15, 0.2) is 0 Å². The Hall–Kier alpha value is -2.08. The van der Waals surface area contributed by atoms with Crippen LogP contribution in [0, 0.1) is 0 Å². The molecule has 0 fully saturated rings. The van der Waals surface area contributed by atoms with E-state index in [1.165, 1.54) is 0 Å². The number of aliphatic hydroxyl groups is 1. The van der Waals surface area contributed by atoms with Gasteiger partial charge in [0.1, 0.15) is 11.4 Å². The van der Waals surface area contributed by atoms with E-state index in [2.05, 4.69) is 22.6 Å². The van der Waals surface area contributed by atoms with Gasteiger partial charge in [-0.1, -0.05) is 18.2 Å². The first-order valence-electron chi connectivity index (χ1n) is 6.78. The molecule has 108 valence electrons. The predicted octanol–water partition coefficient (Wildman–Crippen LogP) is 1.67. The summed E-state index contributed by atoms with van der Waals surface area (Å²) in [5.41, 5.74) is 1.81. The molecule has 0 aliphatic heterocycles. The average molecular weight is 276 g/mol. The van der Waals surface area contributed by atoms with Crippen LogP contribution in [0.15, 0.2) is 30.5 Å². The standard InChI is InChI=1S/C14H20N4O2/c1-2-8-20-14-5-3-4-12(9-14)15-10-13-11-18(6-7-19)17-16-13/h3-5,9,11,15,19H,2,6-8,10H2,1H3. The molecular weight excluding hydrogens is 256 g/mol. The lowest BCUT2D eigenvalue weighted by Gasteiger charge is -2.08. The van der Waals surface area contributed by atoms with Crippen molar-refractivity contribution in [2.75, 3.05) is 18.5 Å². The predicted molar refractivity (Wildman–Crippen MR) is 76.7 cm³/mol. The van der Waals surface area contributed by atoms with E-state index in [4.69, 9.17) is 9.84 Å². The van der Waals surface area contributed by atoms with Crippen molar-refractivity contribution in [1.29, 1.82) is 0 Å². The van der Waals surface area contributed by atoms with Gasteiger partial charge >= 0.3 is 0 Å². The van der Waals surface area contributed by atoms with Gasteiger partial charge in [0.25, 0.3) is 0 Å². The first-order valence-corrected chi connectivity index (χ1v) is 6.78. The Morgan fingerprint density at radius 3 is 3.10 bits per heavy atom. The Morgan fingerprint density at radius 1 is 1.40 bits per heavy atom. The lowest BCUT2D eigenvalue weighted by molar-refractivity contribution is 0.268. The summed E-state index contributed by atoms with van der Waals surface area (Å²) in [5, 5.41) is 20.0. The molecule has 0 aliphatic carbocycles. The zero-order valence-corrected chi connectivity index (χ0v) is 11.6. The maximum Gasteiger partial charge on any atom is 0.121 e. The minimum Gasteiger partial charge on any atom is -0.494 e. The maximum atomic E-state index is 8.82. The number of rotatable bonds is 8. The van der Waals surface area contributed by atoms with E-state index in [-0.39, 0.29) is 6.61 Å². The first-order chi connectivity index (χ1) is 9.81. The number of hydrogen-bond donors (Lipinski definition) is 2. The van der Waals surface area contributed by atoms with Gasteiger partial charge in [-0.15, -0.1) is 5.10 Å². The third-order valence-corrected chi connectivity index (χ3v) is 2.70. The quantitative estimate of drug-likeness (QED) is 0.767. The lowest BCUT2D eigenvalue weighted by Crippen LogP contribution is -2.02. The maximum absolute atomic E-state index is 8.82. The molecule has 0 aliphatic rings. The van der Waals surface area contributed by atoms with Gasteiger partial charge in [-0.25, -0.2) is 4.68 Å². The molecule has 2 rings (SSSR count). The number of benzene rings is 1. The van der Waals surface area contributed by atoms with Crippen molar-refractivity contribution in [3.8, 4) is 5.75 Å². The van der Waals surface area contributed by atoms with E-state index in [0.717, 1.165) is 30.2 Å². The average Bonchev–Trinajstić information content (AvgIpc) is 2.92. The molecule has 0 bridgehead atoms. The monoisotopic (exact) mass is 276 g/mol. The summed E-state index contributed by atoms with van der Waals surface area (Å²) in [6.45, 7) is 3.92. The Labute approximate surface area is 118 Å². The van der Waals surface area contributed by atoms with Crippen LogP contribution < -0.4 is 10.1 Å². The van der Waals surface area contributed by atoms with Crippen molar-refractivity contribution in [2.24, 2.45) is 0 Å². The van der Waals surface area contributed by atoms with Crippen LogP contribution in [0.3, 0.4) is 0 Å². The van der Waals surface area contributed by atoms with E-state index >= 15 is 0 Å². The minimum atomic E-state index is 0.0625. The molecule has 6 heteroatoms. The number of ether oxygens (including phenoxy) is 1. The van der Waals surface area contributed by atoms with E-state index in [9.17, 15) is 0 Å². The fourth-order valence-corrected chi connectivity index (χ4v) is 1.74. The Balaban J connectivity index is 1.89. The number of hydrogen-bond acceptors (Lipinski definition) is 5. The molecular formula is C14H20N4O2. The van der Waals surface area contributed by atoms with Crippen molar-refractivity contribution in [2.45, 2.75) is 26.4 Å². The summed E-state index contributed by atoms with van der Waals surface area (Å²) in [4.78, 5) is 0. The molecule has 0 spiro atoms. The third-order valence-electron chi connectivity index (χ3n) is 2.70. The molecule has 0 saturated carbocycles. The minimum absolute atomic E-state index is 0.0625. The van der Waals surface area contributed by atoms with E-state index in [1.807, 2.05) is 30.5 Å². The van der Waals surface area contributed by atoms with Crippen LogP contribution in [-0.2, 0) is 13.1 Å². The molecule has 1 aromatic carbocycles. The molecule has 0 atom stereocenters. The van der Waals surface area contributed by atoms with Gasteiger partial charge in [-0.3, -0.25) is 0 Å². The second kappa shape index (κ2) is 7.49. The van der Waals surface area contributed by atoms with Crippen molar-refractivity contribution < 1.29 is 9.84 Å². The molecule has 0 radical (unpaired) electrons. The van der Waals surface area contributed by atoms with Crippen LogP contribution in [0.2, 0.25) is 0 Å². The molecule has 1 aromatic heterocycles. The molecule has 6 nitrogen and oxygen atoms in total. The van der Waals surface area contributed by atoms with E-state index in [1.54, 1.807) is 4.68 Å². The molecule has 0 unspecified atom stereocenters. The highest BCUT2D eigenvalue weighted by Crippen LogP contribution is 2.17. The Bertz CT molecular complexity index is 527. The highest BCUT2D eigenvalue weighted by Gasteiger charge is 2.01. The van der Waals surface area contributed by atoms with Crippen LogP contribution in [0.25, 0.3) is 0 Å². The van der Waals surface area contributed by atoms with Gasteiger partial charge in [0.2, 0.25) is 0 Å². The lowest BCUT2D eigenvalue weighted by atomic mass is 10.3. The smallest absolute Gasteiger partial charge is 0.121 e. The van der Waals surface area contributed by atoms with Crippen molar-refractivity contribution in [3.63, 3.8) is 0 Å². The summed E-state index contributed by atoms with van der Waals surface area (Å²) in [7, 11) is 0. The Morgan fingerprint density at radius 2 is 2.30 bits per heavy atom. The van der Waals surface area contributed by atoms with E-state index in [0.29, 0.717) is 13.1 Å². The number of nitrogens with zero attached hydrogens (tertiary/aromatic N) is 3. The number of anilines is 1. The summed E-state index contributed by atoms with van der Waals surface area (Å²) in [6.07, 6.45) is 2.81. The van der Waals surface area contributed by atoms with E-state index < -0.39 is 0 Å². The second-order valence-electron chi connectivity index (χ2n) is 4.43. The van der Waals surface area contributed by atoms with Gasteiger partial charge < -0.3 is 15.2 Å². The SMILES string of the molecule is CCCOc1cccc(NCc2cn(CCO)nn2)c1. The Kier molecular flexibility index (Phi) is 5.37. The van der Waals surface area contributed by atoms with Crippen LogP contribution in [-0.4, -0.2) is 33.3 Å². The highest BCUT2D eigenvalue weighted by molar-refractivity contribution is 5.48. The summed E-state index contributed by atoms with van der Waals surface area (Å²) in [6, 6.07) is 7.85. The fraction of sp³-hybridized carbons (Fsp3) is 0.429. The zero-order valence-electron chi connectivity index (χ0n) is 11.6. The summed E-state index contributed by atoms with van der Waals surface area (Å²) < 4.78 is 7.21. The molecule has 0 saturated heterocycles. The topological polar surface area (TPSA) is 72.2 Å². The van der Waals surface area contributed by atoms with Crippen LogP contribution in [0.4, 0.5) is 5.69 Å².